The molecule has 2 bridgehead atoms. The van der Waals surface area contributed by atoms with E-state index in [0.29, 0.717) is 23.4 Å². The van der Waals surface area contributed by atoms with E-state index >= 15 is 0 Å². The van der Waals surface area contributed by atoms with E-state index in [4.69, 9.17) is 15.0 Å². The Morgan fingerprint density at radius 1 is 0.491 bits per heavy atom. The Hall–Kier alpha value is -5.44. The van der Waals surface area contributed by atoms with Gasteiger partial charge < -0.3 is 4.57 Å². The molecule has 2 saturated carbocycles. The van der Waals surface area contributed by atoms with Gasteiger partial charge >= 0.3 is 0 Å². The summed E-state index contributed by atoms with van der Waals surface area (Å²) in [5.41, 5.74) is 10.2. The van der Waals surface area contributed by atoms with Gasteiger partial charge in [0.2, 0.25) is 0 Å². The summed E-state index contributed by atoms with van der Waals surface area (Å²) in [6, 6.07) is 55.6. The molecule has 1 aromatic heterocycles. The molecule has 260 valence electrons. The quantitative estimate of drug-likeness (QED) is 0.148. The maximum atomic E-state index is 12.8. The van der Waals surface area contributed by atoms with Crippen molar-refractivity contribution in [3.8, 4) is 56.4 Å². The van der Waals surface area contributed by atoms with Crippen molar-refractivity contribution in [2.24, 2.45) is 11.8 Å². The molecule has 4 nitrogen and oxygen atoms in total. The van der Waals surface area contributed by atoms with Crippen LogP contribution in [0.25, 0.3) is 56.4 Å². The predicted octanol–water partition coefficient (Wildman–Crippen LogP) is 11.6. The smallest absolute Gasteiger partial charge is 0.164 e. The van der Waals surface area contributed by atoms with Gasteiger partial charge in [0.05, 0.1) is 0 Å². The van der Waals surface area contributed by atoms with Crippen LogP contribution < -0.4 is 5.30 Å². The molecular formula is C48H42N3OP. The van der Waals surface area contributed by atoms with E-state index < -0.39 is 7.14 Å². The number of aromatic nitrogens is 3. The summed E-state index contributed by atoms with van der Waals surface area (Å²) in [5, 5.41) is 0.922. The van der Waals surface area contributed by atoms with E-state index in [2.05, 4.69) is 121 Å². The molecule has 2 aliphatic carbocycles. The van der Waals surface area contributed by atoms with E-state index in [1.54, 1.807) is 0 Å². The van der Waals surface area contributed by atoms with E-state index in [1.165, 1.54) is 36.8 Å². The van der Waals surface area contributed by atoms with Crippen LogP contribution in [0.1, 0.15) is 36.8 Å². The number of fused-ring (bicyclic) bond motifs is 2. The maximum absolute atomic E-state index is 12.8. The molecule has 0 aliphatic heterocycles. The Labute approximate surface area is 312 Å². The third-order valence-corrected chi connectivity index (χ3v) is 13.1. The molecule has 6 aromatic carbocycles. The van der Waals surface area contributed by atoms with Gasteiger partial charge in [-0.15, -0.1) is 0 Å². The van der Waals surface area contributed by atoms with Crippen LogP contribution in [0.4, 0.5) is 0 Å². The zero-order chi connectivity index (χ0) is 36.0. The lowest BCUT2D eigenvalue weighted by atomic mass is 9.64. The first kappa shape index (κ1) is 33.4. The molecule has 2 fully saturated rings. The Bertz CT molecular complexity index is 2460. The van der Waals surface area contributed by atoms with Gasteiger partial charge in [0.15, 0.2) is 17.5 Å². The number of hydrogen-bond acceptors (Lipinski definition) is 4. The molecule has 3 atom stereocenters. The fraction of sp³-hybridized carbons (Fsp3) is 0.188. The molecule has 9 rings (SSSR count). The van der Waals surface area contributed by atoms with E-state index in [-0.39, 0.29) is 5.41 Å². The zero-order valence-corrected chi connectivity index (χ0v) is 31.1. The standard InChI is InChI=1S/C48H42N3OP/c1-53(2,52)44-18-10-16-39(31-44)35-20-25-41(26-21-35)48(32-33-19-24-43(48)29-33)42-27-22-37(23-28-42)46-49-45(36-13-7-4-8-14-36)50-47(51-46)40-17-9-15-38(30-40)34-11-5-3-6-12-34/h3-18,20-23,25-28,30-31,33,43H,19,24,29,32H2,1-2H3. The lowest BCUT2D eigenvalue weighted by molar-refractivity contribution is 0.320. The topological polar surface area (TPSA) is 55.7 Å². The first-order valence-corrected chi connectivity index (χ1v) is 21.3. The van der Waals surface area contributed by atoms with Gasteiger partial charge in [0.1, 0.15) is 7.14 Å². The van der Waals surface area contributed by atoms with Crippen LogP contribution >= 0.6 is 7.14 Å². The maximum Gasteiger partial charge on any atom is 0.164 e. The first-order chi connectivity index (χ1) is 25.8. The summed E-state index contributed by atoms with van der Waals surface area (Å²) in [7, 11) is -2.34. The van der Waals surface area contributed by atoms with Gasteiger partial charge in [-0.3, -0.25) is 0 Å². The number of hydrogen-bond donors (Lipinski definition) is 0. The highest BCUT2D eigenvalue weighted by molar-refractivity contribution is 7.70. The second-order valence-electron chi connectivity index (χ2n) is 15.2. The third kappa shape index (κ3) is 6.36. The average Bonchev–Trinajstić information content (AvgIpc) is 3.84. The second kappa shape index (κ2) is 13.5. The molecule has 0 radical (unpaired) electrons. The van der Waals surface area contributed by atoms with Gasteiger partial charge in [-0.05, 0) is 89.9 Å². The summed E-state index contributed by atoms with van der Waals surface area (Å²) in [6.07, 6.45) is 5.04. The Morgan fingerprint density at radius 2 is 0.962 bits per heavy atom. The van der Waals surface area contributed by atoms with Crippen molar-refractivity contribution in [1.82, 2.24) is 15.0 Å². The van der Waals surface area contributed by atoms with Crippen LogP contribution in [-0.4, -0.2) is 28.3 Å². The summed E-state index contributed by atoms with van der Waals surface area (Å²) in [4.78, 5) is 15.1. The summed E-state index contributed by atoms with van der Waals surface area (Å²) < 4.78 is 12.8. The summed E-state index contributed by atoms with van der Waals surface area (Å²) >= 11 is 0. The van der Waals surface area contributed by atoms with Gasteiger partial charge in [-0.25, -0.2) is 15.0 Å². The van der Waals surface area contributed by atoms with Crippen LogP contribution in [0.2, 0.25) is 0 Å². The van der Waals surface area contributed by atoms with Crippen molar-refractivity contribution in [2.45, 2.75) is 31.1 Å². The van der Waals surface area contributed by atoms with Crippen LogP contribution in [0.5, 0.6) is 0 Å². The van der Waals surface area contributed by atoms with Crippen molar-refractivity contribution in [3.63, 3.8) is 0 Å². The molecule has 5 heteroatoms. The molecule has 53 heavy (non-hydrogen) atoms. The SMILES string of the molecule is CP(C)(=O)c1cccc(-c2ccc(C3(c4ccc(-c5nc(-c6ccccc6)nc(-c6cccc(-c7ccccc7)c6)n5)cc4)CC4CCC3C4)cc2)c1. The summed E-state index contributed by atoms with van der Waals surface area (Å²) in [6.45, 7) is 3.68. The summed E-state index contributed by atoms with van der Waals surface area (Å²) in [5.74, 6) is 3.36. The van der Waals surface area contributed by atoms with E-state index in [9.17, 15) is 4.57 Å². The van der Waals surface area contributed by atoms with Gasteiger partial charge in [0.25, 0.3) is 0 Å². The minimum absolute atomic E-state index is 0.0261. The molecule has 0 saturated heterocycles. The third-order valence-electron chi connectivity index (χ3n) is 11.6. The average molecular weight is 708 g/mol. The molecule has 2 aliphatic rings. The number of rotatable bonds is 8. The van der Waals surface area contributed by atoms with Crippen LogP contribution in [0.15, 0.2) is 158 Å². The fourth-order valence-electron chi connectivity index (χ4n) is 8.92. The highest BCUT2D eigenvalue weighted by atomic mass is 31.2. The Morgan fingerprint density at radius 3 is 1.53 bits per heavy atom. The zero-order valence-electron chi connectivity index (χ0n) is 30.2. The van der Waals surface area contributed by atoms with Crippen molar-refractivity contribution < 1.29 is 4.57 Å². The molecule has 0 N–H and O–H groups in total. The normalized spacial score (nSPS) is 19.4. The van der Waals surface area contributed by atoms with Crippen LogP contribution in [0, 0.1) is 11.8 Å². The van der Waals surface area contributed by atoms with Crippen molar-refractivity contribution in [2.75, 3.05) is 13.3 Å². The number of benzene rings is 6. The molecule has 7 aromatic rings. The van der Waals surface area contributed by atoms with Crippen molar-refractivity contribution in [3.05, 3.63) is 169 Å². The van der Waals surface area contributed by atoms with Crippen LogP contribution in [0.3, 0.4) is 0 Å². The second-order valence-corrected chi connectivity index (χ2v) is 18.4. The molecule has 0 spiro atoms. The monoisotopic (exact) mass is 707 g/mol. The predicted molar refractivity (Wildman–Crippen MR) is 219 cm³/mol. The van der Waals surface area contributed by atoms with Gasteiger partial charge in [-0.1, -0.05) is 152 Å². The minimum atomic E-state index is -2.34. The van der Waals surface area contributed by atoms with Crippen molar-refractivity contribution in [1.29, 1.82) is 0 Å². The molecular weight excluding hydrogens is 666 g/mol. The van der Waals surface area contributed by atoms with Crippen molar-refractivity contribution >= 4 is 12.4 Å². The molecule has 1 heterocycles. The lowest BCUT2D eigenvalue weighted by Gasteiger charge is -2.39. The van der Waals surface area contributed by atoms with Gasteiger partial charge in [0, 0.05) is 27.4 Å². The first-order valence-electron chi connectivity index (χ1n) is 18.7. The highest BCUT2D eigenvalue weighted by Gasteiger charge is 2.52. The van der Waals surface area contributed by atoms with Crippen LogP contribution in [-0.2, 0) is 9.98 Å². The highest BCUT2D eigenvalue weighted by Crippen LogP contribution is 2.60. The molecule has 0 amide bonds. The molecule has 3 unspecified atom stereocenters. The largest absolute Gasteiger partial charge is 0.319 e. The van der Waals surface area contributed by atoms with Gasteiger partial charge in [-0.2, -0.15) is 0 Å². The fourth-order valence-corrected chi connectivity index (χ4v) is 9.81. The lowest BCUT2D eigenvalue weighted by Crippen LogP contribution is -2.34. The Balaban J connectivity index is 1.09. The number of nitrogens with zero attached hydrogens (tertiary/aromatic N) is 3. The Kier molecular flexibility index (Phi) is 8.52. The van der Waals surface area contributed by atoms with E-state index in [0.717, 1.165) is 50.2 Å². The van der Waals surface area contributed by atoms with E-state index in [1.807, 2.05) is 49.7 Å². The minimum Gasteiger partial charge on any atom is -0.319 e.